The molecule has 23 heavy (non-hydrogen) atoms. The molecule has 2 N–H and O–H groups in total. The summed E-state index contributed by atoms with van der Waals surface area (Å²) in [6.45, 7) is 3.25. The Hall–Kier alpha value is -1.15. The Bertz CT molecular complexity index is 636. The number of halogens is 1. The number of carboxylic acids is 1. The summed E-state index contributed by atoms with van der Waals surface area (Å²) < 4.78 is 26.9. The zero-order chi connectivity index (χ0) is 16.2. The van der Waals surface area contributed by atoms with Gasteiger partial charge in [-0.15, -0.1) is 12.4 Å². The molecule has 8 heteroatoms. The number of rotatable bonds is 6. The monoisotopic (exact) mass is 362 g/mol. The largest absolute Gasteiger partial charge is 0.480 e. The Morgan fingerprint density at radius 2 is 2.17 bits per heavy atom. The Morgan fingerprint density at radius 3 is 2.83 bits per heavy atom. The fourth-order valence-corrected chi connectivity index (χ4v) is 4.38. The maximum Gasteiger partial charge on any atom is 0.317 e. The predicted molar refractivity (Wildman–Crippen MR) is 90.4 cm³/mol. The highest BCUT2D eigenvalue weighted by atomic mass is 35.5. The molecule has 1 unspecified atom stereocenters. The average molecular weight is 363 g/mol. The molecule has 1 saturated heterocycles. The molecule has 1 aromatic rings. The van der Waals surface area contributed by atoms with E-state index < -0.39 is 16.0 Å². The molecule has 1 heterocycles. The lowest BCUT2D eigenvalue weighted by Gasteiger charge is -2.32. The number of hydrogen-bond acceptors (Lipinski definition) is 4. The topological polar surface area (TPSA) is 86.7 Å². The smallest absolute Gasteiger partial charge is 0.317 e. The van der Waals surface area contributed by atoms with Crippen molar-refractivity contribution < 1.29 is 18.3 Å². The number of carboxylic acid groups (broad SMARTS) is 1. The number of carbonyl (C=O) groups is 1. The van der Waals surface area contributed by atoms with Crippen molar-refractivity contribution in [1.29, 1.82) is 0 Å². The number of nitrogens with zero attached hydrogens (tertiary/aromatic N) is 1. The first-order valence-corrected chi connectivity index (χ1v) is 8.83. The van der Waals surface area contributed by atoms with Gasteiger partial charge in [-0.05, 0) is 49.9 Å². The van der Waals surface area contributed by atoms with Gasteiger partial charge < -0.3 is 10.4 Å². The van der Waals surface area contributed by atoms with Crippen molar-refractivity contribution in [2.75, 3.05) is 26.2 Å². The summed E-state index contributed by atoms with van der Waals surface area (Å²) in [5.74, 6) is -0.757. The fraction of sp³-hybridized carbons (Fsp3) is 0.533. The summed E-state index contributed by atoms with van der Waals surface area (Å²) in [4.78, 5) is 10.8. The van der Waals surface area contributed by atoms with Gasteiger partial charge in [-0.2, -0.15) is 4.31 Å². The highest BCUT2D eigenvalue weighted by molar-refractivity contribution is 7.89. The number of aryl methyl sites for hydroxylation is 1. The number of nitrogens with one attached hydrogen (secondary N) is 1. The predicted octanol–water partition coefficient (Wildman–Crippen LogP) is 1.49. The minimum absolute atomic E-state index is 0. The first kappa shape index (κ1) is 19.9. The third kappa shape index (κ3) is 5.46. The molecular weight excluding hydrogens is 340 g/mol. The van der Waals surface area contributed by atoms with E-state index in [0.29, 0.717) is 24.5 Å². The van der Waals surface area contributed by atoms with Crippen LogP contribution in [-0.4, -0.2) is 50.0 Å². The Kier molecular flexibility index (Phi) is 7.47. The molecule has 1 aliphatic heterocycles. The van der Waals surface area contributed by atoms with Crippen LogP contribution in [0, 0.1) is 12.8 Å². The second-order valence-electron chi connectivity index (χ2n) is 5.71. The second-order valence-corrected chi connectivity index (χ2v) is 7.65. The van der Waals surface area contributed by atoms with Gasteiger partial charge in [0.2, 0.25) is 10.0 Å². The molecule has 2 rings (SSSR count). The number of piperidine rings is 1. The lowest BCUT2D eigenvalue weighted by atomic mass is 10.00. The van der Waals surface area contributed by atoms with Crippen molar-refractivity contribution in [3.63, 3.8) is 0 Å². The zero-order valence-electron chi connectivity index (χ0n) is 13.1. The lowest BCUT2D eigenvalue weighted by molar-refractivity contribution is -0.136. The first-order valence-electron chi connectivity index (χ1n) is 7.39. The fourth-order valence-electron chi connectivity index (χ4n) is 2.72. The summed E-state index contributed by atoms with van der Waals surface area (Å²) in [5.41, 5.74) is 0.915. The third-order valence-corrected chi connectivity index (χ3v) is 5.68. The van der Waals surface area contributed by atoms with Gasteiger partial charge in [-0.1, -0.05) is 12.1 Å². The standard InChI is InChI=1S/C15H22N2O4S.ClH/c1-12-4-2-6-14(8-12)22(20,21)17-7-3-5-13(11-17)9-16-10-15(18)19;/h2,4,6,8,13,16H,3,5,7,9-11H2,1H3,(H,18,19);1H. The van der Waals surface area contributed by atoms with Crippen LogP contribution >= 0.6 is 12.4 Å². The number of aliphatic carboxylic acids is 1. The SMILES string of the molecule is Cc1cccc(S(=O)(=O)N2CCCC(CNCC(=O)O)C2)c1.Cl. The summed E-state index contributed by atoms with van der Waals surface area (Å²) in [6.07, 6.45) is 1.71. The molecular formula is C15H23ClN2O4S. The van der Waals surface area contributed by atoms with Gasteiger partial charge >= 0.3 is 5.97 Å². The van der Waals surface area contributed by atoms with Crippen molar-refractivity contribution in [3.05, 3.63) is 29.8 Å². The molecule has 130 valence electrons. The van der Waals surface area contributed by atoms with Crippen LogP contribution < -0.4 is 5.32 Å². The van der Waals surface area contributed by atoms with E-state index >= 15 is 0 Å². The van der Waals surface area contributed by atoms with Gasteiger partial charge in [0, 0.05) is 13.1 Å². The normalized spacial score (nSPS) is 19.1. The Balaban J connectivity index is 0.00000264. The molecule has 0 saturated carbocycles. The van der Waals surface area contributed by atoms with Crippen LogP contribution in [-0.2, 0) is 14.8 Å². The van der Waals surface area contributed by atoms with Crippen LogP contribution in [0.5, 0.6) is 0 Å². The maximum atomic E-state index is 12.7. The number of benzene rings is 1. The van der Waals surface area contributed by atoms with Crippen molar-refractivity contribution in [2.45, 2.75) is 24.7 Å². The van der Waals surface area contributed by atoms with Crippen LogP contribution in [0.1, 0.15) is 18.4 Å². The van der Waals surface area contributed by atoms with E-state index in [1.807, 2.05) is 13.0 Å². The van der Waals surface area contributed by atoms with Gasteiger partial charge in [-0.3, -0.25) is 4.79 Å². The van der Waals surface area contributed by atoms with Crippen molar-refractivity contribution in [2.24, 2.45) is 5.92 Å². The first-order chi connectivity index (χ1) is 10.4. The highest BCUT2D eigenvalue weighted by Gasteiger charge is 2.30. The molecule has 0 aliphatic carbocycles. The van der Waals surface area contributed by atoms with Gasteiger partial charge in [-0.25, -0.2) is 8.42 Å². The quantitative estimate of drug-likeness (QED) is 0.800. The van der Waals surface area contributed by atoms with Crippen LogP contribution in [0.2, 0.25) is 0 Å². The van der Waals surface area contributed by atoms with Crippen molar-refractivity contribution in [3.8, 4) is 0 Å². The molecule has 1 aliphatic rings. The van der Waals surface area contributed by atoms with Crippen molar-refractivity contribution in [1.82, 2.24) is 9.62 Å². The third-order valence-electron chi connectivity index (χ3n) is 3.82. The van der Waals surface area contributed by atoms with Crippen LogP contribution in [0.3, 0.4) is 0 Å². The molecule has 0 bridgehead atoms. The number of sulfonamides is 1. The van der Waals surface area contributed by atoms with E-state index in [1.165, 1.54) is 4.31 Å². The molecule has 1 fully saturated rings. The van der Waals surface area contributed by atoms with Crippen molar-refractivity contribution >= 4 is 28.4 Å². The van der Waals surface area contributed by atoms with E-state index in [2.05, 4.69) is 5.32 Å². The maximum absolute atomic E-state index is 12.7. The molecule has 0 aromatic heterocycles. The second kappa shape index (κ2) is 8.63. The summed E-state index contributed by atoms with van der Waals surface area (Å²) in [5, 5.41) is 11.5. The minimum Gasteiger partial charge on any atom is -0.480 e. The average Bonchev–Trinajstić information content (AvgIpc) is 2.47. The molecule has 1 atom stereocenters. The minimum atomic E-state index is -3.47. The summed E-state index contributed by atoms with van der Waals surface area (Å²) in [6, 6.07) is 6.92. The molecule has 0 amide bonds. The van der Waals surface area contributed by atoms with E-state index in [9.17, 15) is 13.2 Å². The van der Waals surface area contributed by atoms with E-state index in [-0.39, 0.29) is 24.9 Å². The van der Waals surface area contributed by atoms with Gasteiger partial charge in [0.05, 0.1) is 11.4 Å². The number of hydrogen-bond donors (Lipinski definition) is 2. The molecule has 1 aromatic carbocycles. The summed E-state index contributed by atoms with van der Waals surface area (Å²) >= 11 is 0. The summed E-state index contributed by atoms with van der Waals surface area (Å²) in [7, 11) is -3.47. The molecule has 0 spiro atoms. The molecule has 0 radical (unpaired) electrons. The van der Waals surface area contributed by atoms with Gasteiger partial charge in [0.25, 0.3) is 0 Å². The van der Waals surface area contributed by atoms with Crippen LogP contribution in [0.4, 0.5) is 0 Å². The van der Waals surface area contributed by atoms with Crippen LogP contribution in [0.25, 0.3) is 0 Å². The van der Waals surface area contributed by atoms with Gasteiger partial charge in [0.15, 0.2) is 0 Å². The van der Waals surface area contributed by atoms with E-state index in [0.717, 1.165) is 18.4 Å². The van der Waals surface area contributed by atoms with E-state index in [1.54, 1.807) is 18.2 Å². The zero-order valence-corrected chi connectivity index (χ0v) is 14.7. The Labute approximate surface area is 143 Å². The molecule has 6 nitrogen and oxygen atoms in total. The van der Waals surface area contributed by atoms with Gasteiger partial charge in [0.1, 0.15) is 0 Å². The lowest BCUT2D eigenvalue weighted by Crippen LogP contribution is -2.43. The Morgan fingerprint density at radius 1 is 1.43 bits per heavy atom. The highest BCUT2D eigenvalue weighted by Crippen LogP contribution is 2.23. The van der Waals surface area contributed by atoms with E-state index in [4.69, 9.17) is 5.11 Å². The van der Waals surface area contributed by atoms with Crippen LogP contribution in [0.15, 0.2) is 29.2 Å².